The normalized spacial score (nSPS) is 19.3. The van der Waals surface area contributed by atoms with Crippen LogP contribution in [0.4, 0.5) is 11.4 Å². The average Bonchev–Trinajstić information content (AvgIpc) is 2.33. The number of nitrogens with two attached hydrogens (primary N) is 1. The average molecular weight is 263 g/mol. The topological polar surface area (TPSA) is 95.7 Å². The molecule has 0 radical (unpaired) electrons. The number of anilines is 2. The zero-order valence-electron chi connectivity index (χ0n) is 10.7. The molecule has 19 heavy (non-hydrogen) atoms. The highest BCUT2D eigenvalue weighted by Crippen LogP contribution is 2.22. The molecule has 1 aliphatic rings. The minimum Gasteiger partial charge on any atom is -0.478 e. The van der Waals surface area contributed by atoms with Crippen LogP contribution in [0.15, 0.2) is 18.2 Å². The summed E-state index contributed by atoms with van der Waals surface area (Å²) in [6.45, 7) is 0.562. The maximum Gasteiger partial charge on any atom is 0.337 e. The van der Waals surface area contributed by atoms with Gasteiger partial charge in [-0.15, -0.1) is 0 Å². The number of carboxylic acids is 1. The third-order valence-corrected chi connectivity index (χ3v) is 3.26. The van der Waals surface area contributed by atoms with Crippen LogP contribution in [0.5, 0.6) is 0 Å². The quantitative estimate of drug-likeness (QED) is 0.707. The summed E-state index contributed by atoms with van der Waals surface area (Å²) < 4.78 is 0. The Kier molecular flexibility index (Phi) is 3.59. The molecule has 0 aromatic heterocycles. The molecule has 2 rings (SSSR count). The number of carboxylic acid groups (broad SMARTS) is 1. The van der Waals surface area contributed by atoms with Crippen LogP contribution in [-0.4, -0.2) is 41.5 Å². The fourth-order valence-electron chi connectivity index (χ4n) is 2.22. The van der Waals surface area contributed by atoms with Crippen molar-refractivity contribution in [1.82, 2.24) is 4.90 Å². The first kappa shape index (κ1) is 13.2. The molecule has 1 aromatic carbocycles. The third-order valence-electron chi connectivity index (χ3n) is 3.26. The van der Waals surface area contributed by atoms with Gasteiger partial charge in [0.15, 0.2) is 0 Å². The zero-order chi connectivity index (χ0) is 14.0. The van der Waals surface area contributed by atoms with E-state index < -0.39 is 5.97 Å². The van der Waals surface area contributed by atoms with Gasteiger partial charge in [-0.3, -0.25) is 4.79 Å². The van der Waals surface area contributed by atoms with Crippen molar-refractivity contribution in [1.29, 1.82) is 0 Å². The summed E-state index contributed by atoms with van der Waals surface area (Å²) in [7, 11) is 1.74. The van der Waals surface area contributed by atoms with Crippen LogP contribution in [-0.2, 0) is 4.79 Å². The Labute approximate surface area is 111 Å². The number of aromatic carboxylic acids is 1. The van der Waals surface area contributed by atoms with Crippen molar-refractivity contribution in [3.05, 3.63) is 23.8 Å². The van der Waals surface area contributed by atoms with Gasteiger partial charge in [-0.2, -0.15) is 0 Å². The summed E-state index contributed by atoms with van der Waals surface area (Å²) >= 11 is 0. The molecule has 0 aliphatic carbocycles. The van der Waals surface area contributed by atoms with E-state index in [2.05, 4.69) is 5.32 Å². The molecule has 102 valence electrons. The second kappa shape index (κ2) is 5.17. The molecular weight excluding hydrogens is 246 g/mol. The molecule has 1 unspecified atom stereocenters. The smallest absolute Gasteiger partial charge is 0.337 e. The zero-order valence-corrected chi connectivity index (χ0v) is 10.7. The minimum atomic E-state index is -0.997. The molecule has 1 heterocycles. The summed E-state index contributed by atoms with van der Waals surface area (Å²) in [5.41, 5.74) is 6.88. The Morgan fingerprint density at radius 1 is 1.53 bits per heavy atom. The summed E-state index contributed by atoms with van der Waals surface area (Å²) in [5.74, 6) is -0.883. The van der Waals surface area contributed by atoms with Crippen molar-refractivity contribution >= 4 is 23.3 Å². The number of hydrogen-bond acceptors (Lipinski definition) is 4. The van der Waals surface area contributed by atoms with Crippen LogP contribution < -0.4 is 11.1 Å². The van der Waals surface area contributed by atoms with E-state index in [-0.39, 0.29) is 17.5 Å². The number of nitrogens with zero attached hydrogens (tertiary/aromatic N) is 1. The molecular formula is C13H17N3O3. The summed E-state index contributed by atoms with van der Waals surface area (Å²) in [6.07, 6.45) is 1.16. The molecule has 0 spiro atoms. The summed E-state index contributed by atoms with van der Waals surface area (Å²) in [4.78, 5) is 24.2. The highest BCUT2D eigenvalue weighted by molar-refractivity contribution is 5.95. The Hall–Kier alpha value is -2.24. The van der Waals surface area contributed by atoms with Gasteiger partial charge in [0.2, 0.25) is 5.91 Å². The van der Waals surface area contributed by atoms with Crippen molar-refractivity contribution in [2.75, 3.05) is 24.6 Å². The van der Waals surface area contributed by atoms with Crippen LogP contribution in [0.2, 0.25) is 0 Å². The Balaban J connectivity index is 2.16. The summed E-state index contributed by atoms with van der Waals surface area (Å²) in [5, 5.41) is 12.3. The summed E-state index contributed by atoms with van der Waals surface area (Å²) in [6, 6.07) is 4.70. The molecule has 4 N–H and O–H groups in total. The monoisotopic (exact) mass is 263 g/mol. The predicted molar refractivity (Wildman–Crippen MR) is 72.1 cm³/mol. The number of carbonyl (C=O) groups excluding carboxylic acids is 1. The lowest BCUT2D eigenvalue weighted by Crippen LogP contribution is -2.43. The van der Waals surface area contributed by atoms with E-state index in [1.54, 1.807) is 24.1 Å². The van der Waals surface area contributed by atoms with Gasteiger partial charge >= 0.3 is 5.97 Å². The molecule has 0 bridgehead atoms. The largest absolute Gasteiger partial charge is 0.478 e. The maximum atomic E-state index is 11.4. The van der Waals surface area contributed by atoms with Crippen molar-refractivity contribution in [2.24, 2.45) is 0 Å². The number of carbonyl (C=O) groups is 2. The SMILES string of the molecule is CN1CC(Nc2cc(N)ccc2C(=O)O)CCC1=O. The number of rotatable bonds is 3. The first-order valence-electron chi connectivity index (χ1n) is 6.10. The van der Waals surface area contributed by atoms with Crippen LogP contribution in [0, 0.1) is 0 Å². The van der Waals surface area contributed by atoms with Gasteiger partial charge in [0, 0.05) is 31.7 Å². The first-order valence-corrected chi connectivity index (χ1v) is 6.10. The van der Waals surface area contributed by atoms with Gasteiger partial charge in [-0.05, 0) is 24.6 Å². The second-order valence-corrected chi connectivity index (χ2v) is 4.76. The minimum absolute atomic E-state index is 0.0441. The standard InChI is InChI=1S/C13H17N3O3/c1-16-7-9(3-5-12(16)17)15-11-6-8(14)2-4-10(11)13(18)19/h2,4,6,9,15H,3,5,7,14H2,1H3,(H,18,19). The maximum absolute atomic E-state index is 11.4. The predicted octanol–water partition coefficient (Wildman–Crippen LogP) is 1.000. The number of nitrogens with one attached hydrogen (secondary N) is 1. The van der Waals surface area contributed by atoms with E-state index in [1.807, 2.05) is 0 Å². The van der Waals surface area contributed by atoms with Crippen LogP contribution in [0.1, 0.15) is 23.2 Å². The third kappa shape index (κ3) is 2.96. The fourth-order valence-corrected chi connectivity index (χ4v) is 2.22. The molecule has 1 aliphatic heterocycles. The molecule has 0 saturated carbocycles. The number of nitrogen functional groups attached to an aromatic ring is 1. The van der Waals surface area contributed by atoms with Crippen molar-refractivity contribution in [3.63, 3.8) is 0 Å². The van der Waals surface area contributed by atoms with Gasteiger partial charge in [0.1, 0.15) is 0 Å². The molecule has 1 saturated heterocycles. The van der Waals surface area contributed by atoms with Crippen molar-refractivity contribution in [2.45, 2.75) is 18.9 Å². The number of benzene rings is 1. The molecule has 6 nitrogen and oxygen atoms in total. The highest BCUT2D eigenvalue weighted by Gasteiger charge is 2.23. The number of hydrogen-bond donors (Lipinski definition) is 3. The number of amides is 1. The van der Waals surface area contributed by atoms with Crippen LogP contribution >= 0.6 is 0 Å². The van der Waals surface area contributed by atoms with E-state index in [0.717, 1.165) is 0 Å². The molecule has 1 atom stereocenters. The van der Waals surface area contributed by atoms with Crippen LogP contribution in [0.3, 0.4) is 0 Å². The van der Waals surface area contributed by atoms with E-state index in [9.17, 15) is 9.59 Å². The number of piperidine rings is 1. The highest BCUT2D eigenvalue weighted by atomic mass is 16.4. The Morgan fingerprint density at radius 3 is 2.89 bits per heavy atom. The molecule has 1 fully saturated rings. The molecule has 6 heteroatoms. The van der Waals surface area contributed by atoms with Gasteiger partial charge in [0.25, 0.3) is 0 Å². The first-order chi connectivity index (χ1) is 8.97. The number of likely N-dealkylation sites (N-methyl/N-ethyl adjacent to an activating group) is 1. The lowest BCUT2D eigenvalue weighted by Gasteiger charge is -2.31. The van der Waals surface area contributed by atoms with E-state index in [1.165, 1.54) is 6.07 Å². The lowest BCUT2D eigenvalue weighted by molar-refractivity contribution is -0.132. The van der Waals surface area contributed by atoms with E-state index in [0.29, 0.717) is 30.8 Å². The molecule has 1 amide bonds. The second-order valence-electron chi connectivity index (χ2n) is 4.76. The van der Waals surface area contributed by atoms with Gasteiger partial charge < -0.3 is 21.1 Å². The molecule has 1 aromatic rings. The number of likely N-dealkylation sites (tertiary alicyclic amines) is 1. The van der Waals surface area contributed by atoms with Crippen molar-refractivity contribution in [3.8, 4) is 0 Å². The Morgan fingerprint density at radius 2 is 2.26 bits per heavy atom. The van der Waals surface area contributed by atoms with E-state index in [4.69, 9.17) is 10.8 Å². The van der Waals surface area contributed by atoms with Gasteiger partial charge in [-0.25, -0.2) is 4.79 Å². The fraction of sp³-hybridized carbons (Fsp3) is 0.385. The van der Waals surface area contributed by atoms with Gasteiger partial charge in [0.05, 0.1) is 11.3 Å². The van der Waals surface area contributed by atoms with Crippen LogP contribution in [0.25, 0.3) is 0 Å². The lowest BCUT2D eigenvalue weighted by atomic mass is 10.0. The van der Waals surface area contributed by atoms with Crippen molar-refractivity contribution < 1.29 is 14.7 Å². The Bertz CT molecular complexity index is 516. The van der Waals surface area contributed by atoms with Gasteiger partial charge in [-0.1, -0.05) is 0 Å². The van der Waals surface area contributed by atoms with E-state index >= 15 is 0 Å².